The Kier molecular flexibility index (Phi) is 5.73. The Morgan fingerprint density at radius 2 is 2.00 bits per heavy atom. The number of benzene rings is 2. The molecule has 1 unspecified atom stereocenters. The first-order valence-electron chi connectivity index (χ1n) is 11.0. The molecule has 5 rings (SSSR count). The van der Waals surface area contributed by atoms with Gasteiger partial charge in [-0.05, 0) is 35.7 Å². The van der Waals surface area contributed by atoms with Gasteiger partial charge in [-0.15, -0.1) is 0 Å². The van der Waals surface area contributed by atoms with Crippen LogP contribution in [-0.2, 0) is 17.6 Å². The molecule has 1 saturated heterocycles. The van der Waals surface area contributed by atoms with Crippen molar-refractivity contribution in [3.8, 4) is 11.5 Å². The number of aromatic nitrogens is 3. The minimum absolute atomic E-state index is 0.0524. The van der Waals surface area contributed by atoms with E-state index in [9.17, 15) is 4.79 Å². The van der Waals surface area contributed by atoms with Gasteiger partial charge in [0.15, 0.2) is 17.3 Å². The molecule has 1 N–H and O–H groups in total. The molecular formula is C25H26N4O4. The lowest BCUT2D eigenvalue weighted by molar-refractivity contribution is -0.127. The molecule has 170 valence electrons. The third-order valence-corrected chi connectivity index (χ3v) is 6.20. The number of rotatable bonds is 8. The van der Waals surface area contributed by atoms with E-state index >= 15 is 0 Å². The Labute approximate surface area is 191 Å². The monoisotopic (exact) mass is 446 g/mol. The van der Waals surface area contributed by atoms with Crippen molar-refractivity contribution < 1.29 is 18.8 Å². The van der Waals surface area contributed by atoms with E-state index in [2.05, 4.69) is 21.2 Å². The predicted molar refractivity (Wildman–Crippen MR) is 123 cm³/mol. The molecule has 4 aromatic rings. The zero-order valence-electron chi connectivity index (χ0n) is 18.7. The molecule has 0 radical (unpaired) electrons. The number of carbonyl (C=O) groups is 1. The minimum atomic E-state index is -0.0524. The number of nitrogens with one attached hydrogen (secondary N) is 1. The molecule has 8 heteroatoms. The van der Waals surface area contributed by atoms with Gasteiger partial charge in [-0.3, -0.25) is 4.79 Å². The highest BCUT2D eigenvalue weighted by Crippen LogP contribution is 2.30. The third kappa shape index (κ3) is 4.28. The molecule has 8 nitrogen and oxygen atoms in total. The fourth-order valence-electron chi connectivity index (χ4n) is 4.41. The largest absolute Gasteiger partial charge is 0.493 e. The summed E-state index contributed by atoms with van der Waals surface area (Å²) in [6, 6.07) is 14.0. The van der Waals surface area contributed by atoms with E-state index in [-0.39, 0.29) is 11.8 Å². The summed E-state index contributed by atoms with van der Waals surface area (Å²) in [5.74, 6) is 2.61. The molecule has 0 bridgehead atoms. The molecule has 1 aliphatic heterocycles. The van der Waals surface area contributed by atoms with Crippen LogP contribution in [0.2, 0.25) is 0 Å². The van der Waals surface area contributed by atoms with Gasteiger partial charge in [-0.25, -0.2) is 0 Å². The van der Waals surface area contributed by atoms with Gasteiger partial charge < -0.3 is 23.9 Å². The summed E-state index contributed by atoms with van der Waals surface area (Å²) in [6.07, 6.45) is 3.67. The average Bonchev–Trinajstić information content (AvgIpc) is 3.57. The molecule has 33 heavy (non-hydrogen) atoms. The van der Waals surface area contributed by atoms with Gasteiger partial charge in [0.25, 0.3) is 0 Å². The molecule has 1 fully saturated rings. The van der Waals surface area contributed by atoms with E-state index in [1.807, 2.05) is 47.5 Å². The molecule has 2 aromatic heterocycles. The van der Waals surface area contributed by atoms with Crippen molar-refractivity contribution in [2.45, 2.75) is 25.2 Å². The van der Waals surface area contributed by atoms with Gasteiger partial charge in [0.1, 0.15) is 0 Å². The van der Waals surface area contributed by atoms with E-state index < -0.39 is 0 Å². The summed E-state index contributed by atoms with van der Waals surface area (Å²) in [4.78, 5) is 22.3. The van der Waals surface area contributed by atoms with E-state index in [1.54, 1.807) is 14.2 Å². The number of hydrogen-bond donors (Lipinski definition) is 1. The smallest absolute Gasteiger partial charge is 0.231 e. The van der Waals surface area contributed by atoms with Gasteiger partial charge >= 0.3 is 0 Å². The van der Waals surface area contributed by atoms with Crippen LogP contribution in [0.25, 0.3) is 10.9 Å². The predicted octanol–water partition coefficient (Wildman–Crippen LogP) is 3.72. The highest BCUT2D eigenvalue weighted by atomic mass is 16.5. The highest BCUT2D eigenvalue weighted by molar-refractivity contribution is 5.83. The van der Waals surface area contributed by atoms with Gasteiger partial charge in [0.2, 0.25) is 11.8 Å². The number of para-hydroxylation sites is 1. The second kappa shape index (κ2) is 8.97. The topological polar surface area (TPSA) is 93.5 Å². The van der Waals surface area contributed by atoms with Gasteiger partial charge in [0, 0.05) is 42.5 Å². The lowest BCUT2D eigenvalue weighted by Crippen LogP contribution is -2.27. The summed E-state index contributed by atoms with van der Waals surface area (Å²) >= 11 is 0. The quantitative estimate of drug-likeness (QED) is 0.443. The van der Waals surface area contributed by atoms with Crippen molar-refractivity contribution in [1.82, 2.24) is 20.0 Å². The number of amides is 1. The standard InChI is InChI=1S/C25H26N4O4/c1-31-21-8-7-16(11-22(21)32-2)9-10-29-15-18(13-24(29)30)25-27-23(33-28-25)12-17-14-26-20-6-4-3-5-19(17)20/h3-8,11,14,18,26H,9-10,12-13,15H2,1-2H3. The molecule has 1 amide bonds. The third-order valence-electron chi connectivity index (χ3n) is 6.20. The summed E-state index contributed by atoms with van der Waals surface area (Å²) in [5.41, 5.74) is 3.28. The Hall–Kier alpha value is -3.81. The number of methoxy groups -OCH3 is 2. The molecule has 1 aliphatic rings. The Balaban J connectivity index is 1.21. The number of ether oxygens (including phenoxy) is 2. The van der Waals surface area contributed by atoms with Crippen molar-refractivity contribution in [1.29, 1.82) is 0 Å². The van der Waals surface area contributed by atoms with Crippen LogP contribution in [0.5, 0.6) is 11.5 Å². The first-order valence-corrected chi connectivity index (χ1v) is 11.0. The van der Waals surface area contributed by atoms with Crippen LogP contribution in [0.15, 0.2) is 53.2 Å². The maximum atomic E-state index is 12.6. The fourth-order valence-corrected chi connectivity index (χ4v) is 4.41. The van der Waals surface area contributed by atoms with E-state index in [4.69, 9.17) is 14.0 Å². The van der Waals surface area contributed by atoms with Crippen LogP contribution in [0, 0.1) is 0 Å². The summed E-state index contributed by atoms with van der Waals surface area (Å²) in [5, 5.41) is 5.33. The number of likely N-dealkylation sites (tertiary alicyclic amines) is 1. The van der Waals surface area contributed by atoms with Crippen LogP contribution in [-0.4, -0.2) is 53.2 Å². The van der Waals surface area contributed by atoms with Crippen molar-refractivity contribution in [3.63, 3.8) is 0 Å². The maximum absolute atomic E-state index is 12.6. The van der Waals surface area contributed by atoms with E-state index in [0.29, 0.717) is 49.1 Å². The molecule has 0 spiro atoms. The SMILES string of the molecule is COc1ccc(CCN2CC(c3noc(Cc4c[nH]c5ccccc45)n3)CC2=O)cc1OC. The summed E-state index contributed by atoms with van der Waals surface area (Å²) in [6.45, 7) is 1.23. The Morgan fingerprint density at radius 3 is 2.85 bits per heavy atom. The first-order chi connectivity index (χ1) is 16.1. The van der Waals surface area contributed by atoms with Crippen molar-refractivity contribution in [2.75, 3.05) is 27.3 Å². The van der Waals surface area contributed by atoms with Gasteiger partial charge in [-0.1, -0.05) is 29.4 Å². The normalized spacial score (nSPS) is 16.0. The Morgan fingerprint density at radius 1 is 1.15 bits per heavy atom. The zero-order chi connectivity index (χ0) is 22.8. The number of carbonyl (C=O) groups excluding carboxylic acids is 1. The average molecular weight is 447 g/mol. The van der Waals surface area contributed by atoms with Gasteiger partial charge in [0.05, 0.1) is 20.6 Å². The molecule has 3 heterocycles. The lowest BCUT2D eigenvalue weighted by atomic mass is 10.1. The van der Waals surface area contributed by atoms with Gasteiger partial charge in [-0.2, -0.15) is 4.98 Å². The van der Waals surface area contributed by atoms with Crippen LogP contribution in [0.3, 0.4) is 0 Å². The molecule has 0 aliphatic carbocycles. The molecule has 0 saturated carbocycles. The van der Waals surface area contributed by atoms with E-state index in [1.165, 1.54) is 0 Å². The number of hydrogen-bond acceptors (Lipinski definition) is 6. The van der Waals surface area contributed by atoms with E-state index in [0.717, 1.165) is 28.5 Å². The number of fused-ring (bicyclic) bond motifs is 1. The second-order valence-electron chi connectivity index (χ2n) is 8.26. The lowest BCUT2D eigenvalue weighted by Gasteiger charge is -2.16. The summed E-state index contributed by atoms with van der Waals surface area (Å²) in [7, 11) is 3.23. The number of aromatic amines is 1. The summed E-state index contributed by atoms with van der Waals surface area (Å²) < 4.78 is 16.2. The van der Waals surface area contributed by atoms with Crippen LogP contribution < -0.4 is 9.47 Å². The Bertz CT molecular complexity index is 1280. The molecule has 1 atom stereocenters. The number of nitrogens with zero attached hydrogens (tertiary/aromatic N) is 3. The first kappa shape index (κ1) is 21.1. The van der Waals surface area contributed by atoms with Crippen LogP contribution in [0.1, 0.15) is 35.2 Å². The van der Waals surface area contributed by atoms with Crippen LogP contribution >= 0.6 is 0 Å². The number of H-pyrrole nitrogens is 1. The van der Waals surface area contributed by atoms with Crippen molar-refractivity contribution >= 4 is 16.8 Å². The van der Waals surface area contributed by atoms with Crippen molar-refractivity contribution in [2.24, 2.45) is 0 Å². The van der Waals surface area contributed by atoms with Crippen LogP contribution in [0.4, 0.5) is 0 Å². The second-order valence-corrected chi connectivity index (χ2v) is 8.26. The minimum Gasteiger partial charge on any atom is -0.493 e. The molecule has 2 aromatic carbocycles. The van der Waals surface area contributed by atoms with Crippen molar-refractivity contribution in [3.05, 3.63) is 71.5 Å². The maximum Gasteiger partial charge on any atom is 0.231 e. The molecular weight excluding hydrogens is 420 g/mol. The zero-order valence-corrected chi connectivity index (χ0v) is 18.7. The fraction of sp³-hybridized carbons (Fsp3) is 0.320. The highest BCUT2D eigenvalue weighted by Gasteiger charge is 2.33.